The second-order valence-corrected chi connectivity index (χ2v) is 6.17. The maximum Gasteiger partial charge on any atom is 0.252 e. The Morgan fingerprint density at radius 3 is 2.90 bits per heavy atom. The van der Waals surface area contributed by atoms with Crippen molar-refractivity contribution in [2.45, 2.75) is 12.8 Å². The number of nitrogens with zero attached hydrogens (tertiary/aromatic N) is 1. The lowest BCUT2D eigenvalue weighted by molar-refractivity contribution is 0.0511. The van der Waals surface area contributed by atoms with E-state index in [4.69, 9.17) is 4.74 Å². The van der Waals surface area contributed by atoms with Crippen LogP contribution in [0.3, 0.4) is 0 Å². The van der Waals surface area contributed by atoms with E-state index in [1.54, 1.807) is 25.6 Å². The molecule has 0 atom stereocenters. The second kappa shape index (κ2) is 7.15. The van der Waals surface area contributed by atoms with E-state index in [2.05, 4.69) is 31.5 Å². The third kappa shape index (κ3) is 4.01. The van der Waals surface area contributed by atoms with Gasteiger partial charge in [-0.25, -0.2) is 0 Å². The first-order valence-electron chi connectivity index (χ1n) is 6.74. The Balaban J connectivity index is 1.96. The summed E-state index contributed by atoms with van der Waals surface area (Å²) >= 11 is 3.32. The molecule has 1 fully saturated rings. The lowest BCUT2D eigenvalue weighted by Gasteiger charge is -2.37. The monoisotopic (exact) mass is 341 g/mol. The zero-order valence-electron chi connectivity index (χ0n) is 11.6. The van der Waals surface area contributed by atoms with Gasteiger partial charge in [0.25, 0.3) is 5.91 Å². The molecule has 0 radical (unpaired) electrons. The van der Waals surface area contributed by atoms with Crippen LogP contribution in [0.1, 0.15) is 23.2 Å². The van der Waals surface area contributed by atoms with Crippen molar-refractivity contribution < 1.29 is 9.53 Å². The number of halogens is 1. The van der Waals surface area contributed by atoms with Crippen molar-refractivity contribution in [3.63, 3.8) is 0 Å². The fraction of sp³-hybridized carbons (Fsp3) is 0.571. The zero-order valence-corrected chi connectivity index (χ0v) is 13.2. The molecule has 20 heavy (non-hydrogen) atoms. The smallest absolute Gasteiger partial charge is 0.252 e. The van der Waals surface area contributed by atoms with Crippen molar-refractivity contribution in [2.24, 2.45) is 5.41 Å². The molecule has 5 nitrogen and oxygen atoms in total. The number of ether oxygens (including phenoxy) is 1. The van der Waals surface area contributed by atoms with Gasteiger partial charge in [0.2, 0.25) is 0 Å². The van der Waals surface area contributed by atoms with E-state index in [0.717, 1.165) is 30.4 Å². The van der Waals surface area contributed by atoms with Gasteiger partial charge in [0, 0.05) is 35.9 Å². The molecule has 1 aromatic heterocycles. The van der Waals surface area contributed by atoms with Gasteiger partial charge < -0.3 is 15.4 Å². The molecule has 1 saturated heterocycles. The molecule has 0 saturated carbocycles. The number of pyridine rings is 1. The van der Waals surface area contributed by atoms with Crippen LogP contribution in [0.4, 0.5) is 0 Å². The fourth-order valence-corrected chi connectivity index (χ4v) is 2.91. The fourth-order valence-electron chi connectivity index (χ4n) is 2.54. The van der Waals surface area contributed by atoms with E-state index in [9.17, 15) is 4.79 Å². The van der Waals surface area contributed by atoms with Crippen LogP contribution < -0.4 is 10.6 Å². The van der Waals surface area contributed by atoms with Crippen LogP contribution in [0, 0.1) is 5.41 Å². The van der Waals surface area contributed by atoms with E-state index in [1.165, 1.54) is 0 Å². The van der Waals surface area contributed by atoms with Crippen LogP contribution >= 0.6 is 15.9 Å². The standard InChI is InChI=1S/C14H20BrN3O2/c1-20-10-14(2-4-16-5-3-14)9-18-13(19)11-6-12(15)8-17-7-11/h6-8,16H,2-5,9-10H2,1H3,(H,18,19). The molecular formula is C14H20BrN3O2. The predicted octanol–water partition coefficient (Wildman–Crippen LogP) is 1.59. The molecule has 0 aromatic carbocycles. The lowest BCUT2D eigenvalue weighted by atomic mass is 9.79. The Morgan fingerprint density at radius 1 is 1.50 bits per heavy atom. The molecule has 2 rings (SSSR count). The van der Waals surface area contributed by atoms with Crippen LogP contribution in [0.2, 0.25) is 0 Å². The second-order valence-electron chi connectivity index (χ2n) is 5.26. The number of amides is 1. The van der Waals surface area contributed by atoms with Gasteiger partial charge in [-0.1, -0.05) is 0 Å². The number of rotatable bonds is 5. The summed E-state index contributed by atoms with van der Waals surface area (Å²) in [6.07, 6.45) is 5.26. The summed E-state index contributed by atoms with van der Waals surface area (Å²) in [6, 6.07) is 1.77. The molecule has 2 heterocycles. The Bertz CT molecular complexity index is 456. The van der Waals surface area contributed by atoms with Gasteiger partial charge in [-0.05, 0) is 47.9 Å². The number of aromatic nitrogens is 1. The summed E-state index contributed by atoms with van der Waals surface area (Å²) in [5.41, 5.74) is 0.607. The molecule has 6 heteroatoms. The van der Waals surface area contributed by atoms with E-state index < -0.39 is 0 Å². The van der Waals surface area contributed by atoms with Gasteiger partial charge >= 0.3 is 0 Å². The number of hydrogen-bond acceptors (Lipinski definition) is 4. The van der Waals surface area contributed by atoms with E-state index in [1.807, 2.05) is 0 Å². The highest BCUT2D eigenvalue weighted by atomic mass is 79.9. The molecule has 0 aliphatic carbocycles. The molecule has 1 aliphatic rings. The molecule has 0 bridgehead atoms. The Morgan fingerprint density at radius 2 is 2.25 bits per heavy atom. The van der Waals surface area contributed by atoms with Gasteiger partial charge in [0.15, 0.2) is 0 Å². The Labute approximate surface area is 127 Å². The summed E-state index contributed by atoms with van der Waals surface area (Å²) < 4.78 is 6.15. The quantitative estimate of drug-likeness (QED) is 0.853. The highest BCUT2D eigenvalue weighted by Crippen LogP contribution is 2.28. The van der Waals surface area contributed by atoms with Gasteiger partial charge in [0.05, 0.1) is 12.2 Å². The van der Waals surface area contributed by atoms with E-state index in [0.29, 0.717) is 18.7 Å². The summed E-state index contributed by atoms with van der Waals surface area (Å²) in [5, 5.41) is 6.35. The Kier molecular flexibility index (Phi) is 5.51. The first kappa shape index (κ1) is 15.4. The first-order chi connectivity index (χ1) is 9.65. The topological polar surface area (TPSA) is 63.2 Å². The zero-order chi connectivity index (χ0) is 14.4. The number of nitrogens with one attached hydrogen (secondary N) is 2. The lowest BCUT2D eigenvalue weighted by Crippen LogP contribution is -2.47. The minimum atomic E-state index is -0.0900. The van der Waals surface area contributed by atoms with Crippen molar-refractivity contribution in [3.05, 3.63) is 28.5 Å². The molecule has 1 aromatic rings. The molecular weight excluding hydrogens is 322 g/mol. The maximum atomic E-state index is 12.2. The van der Waals surface area contributed by atoms with Crippen molar-refractivity contribution in [1.29, 1.82) is 0 Å². The normalized spacial score (nSPS) is 17.7. The van der Waals surface area contributed by atoms with Gasteiger partial charge in [-0.2, -0.15) is 0 Å². The number of hydrogen-bond donors (Lipinski definition) is 2. The highest BCUT2D eigenvalue weighted by molar-refractivity contribution is 9.10. The van der Waals surface area contributed by atoms with Crippen LogP contribution in [0.15, 0.2) is 22.9 Å². The van der Waals surface area contributed by atoms with Crippen molar-refractivity contribution in [1.82, 2.24) is 15.6 Å². The third-order valence-corrected chi connectivity index (χ3v) is 4.14. The van der Waals surface area contributed by atoms with Crippen LogP contribution in [0.5, 0.6) is 0 Å². The maximum absolute atomic E-state index is 12.2. The number of carbonyl (C=O) groups excluding carboxylic acids is 1. The Hall–Kier alpha value is -0.980. The summed E-state index contributed by atoms with van der Waals surface area (Å²) in [7, 11) is 1.71. The average Bonchev–Trinajstić information content (AvgIpc) is 2.46. The molecule has 1 aliphatic heterocycles. The van der Waals surface area contributed by atoms with E-state index >= 15 is 0 Å². The van der Waals surface area contributed by atoms with Gasteiger partial charge in [0.1, 0.15) is 0 Å². The van der Waals surface area contributed by atoms with Gasteiger partial charge in [-0.3, -0.25) is 9.78 Å². The summed E-state index contributed by atoms with van der Waals surface area (Å²) in [4.78, 5) is 16.2. The molecule has 1 amide bonds. The van der Waals surface area contributed by atoms with Crippen molar-refractivity contribution >= 4 is 21.8 Å². The minimum Gasteiger partial charge on any atom is -0.384 e. The molecule has 0 spiro atoms. The van der Waals surface area contributed by atoms with Crippen LogP contribution in [0.25, 0.3) is 0 Å². The molecule has 0 unspecified atom stereocenters. The number of methoxy groups -OCH3 is 1. The van der Waals surface area contributed by atoms with Crippen LogP contribution in [-0.4, -0.2) is 44.2 Å². The SMILES string of the molecule is COCC1(CNC(=O)c2cncc(Br)c2)CCNCC1. The van der Waals surface area contributed by atoms with Crippen molar-refractivity contribution in [2.75, 3.05) is 33.4 Å². The average molecular weight is 342 g/mol. The third-order valence-electron chi connectivity index (χ3n) is 3.71. The largest absolute Gasteiger partial charge is 0.384 e. The predicted molar refractivity (Wildman–Crippen MR) is 80.7 cm³/mol. The van der Waals surface area contributed by atoms with Crippen LogP contribution in [-0.2, 0) is 4.74 Å². The highest BCUT2D eigenvalue weighted by Gasteiger charge is 2.32. The minimum absolute atomic E-state index is 0.0368. The summed E-state index contributed by atoms with van der Waals surface area (Å²) in [5.74, 6) is -0.0900. The van der Waals surface area contributed by atoms with Crippen molar-refractivity contribution in [3.8, 4) is 0 Å². The van der Waals surface area contributed by atoms with Gasteiger partial charge in [-0.15, -0.1) is 0 Å². The number of carbonyl (C=O) groups is 1. The van der Waals surface area contributed by atoms with E-state index in [-0.39, 0.29) is 11.3 Å². The molecule has 110 valence electrons. The summed E-state index contributed by atoms with van der Waals surface area (Å²) in [6.45, 7) is 3.24. The first-order valence-corrected chi connectivity index (χ1v) is 7.53. The molecule has 2 N–H and O–H groups in total. The number of piperidine rings is 1.